The van der Waals surface area contributed by atoms with Crippen LogP contribution in [0.5, 0.6) is 0 Å². The predicted octanol–water partition coefficient (Wildman–Crippen LogP) is 1.54. The van der Waals surface area contributed by atoms with E-state index in [9.17, 15) is 14.4 Å². The number of nitrogens with zero attached hydrogens (tertiary/aromatic N) is 3. The third-order valence-electron chi connectivity index (χ3n) is 4.13. The van der Waals surface area contributed by atoms with Crippen molar-refractivity contribution in [1.82, 2.24) is 25.7 Å². The van der Waals surface area contributed by atoms with Gasteiger partial charge in [-0.15, -0.1) is 0 Å². The van der Waals surface area contributed by atoms with Crippen LogP contribution in [0.2, 0.25) is 0 Å². The van der Waals surface area contributed by atoms with E-state index in [1.165, 1.54) is 0 Å². The minimum absolute atomic E-state index is 0.0121. The summed E-state index contributed by atoms with van der Waals surface area (Å²) in [7, 11) is 0. The van der Waals surface area contributed by atoms with Crippen LogP contribution in [0.3, 0.4) is 0 Å². The SMILES string of the molecule is C[C@]1(CCc2ccccc2)NC(=O)N(NC(=O)CSc2ncccn2)C1=O. The molecule has 140 valence electrons. The zero-order valence-corrected chi connectivity index (χ0v) is 15.5. The van der Waals surface area contributed by atoms with Gasteiger partial charge < -0.3 is 5.32 Å². The molecule has 1 aliphatic rings. The fourth-order valence-electron chi connectivity index (χ4n) is 2.64. The fraction of sp³-hybridized carbons (Fsp3) is 0.278. The molecule has 0 bridgehead atoms. The molecule has 8 nitrogen and oxygen atoms in total. The highest BCUT2D eigenvalue weighted by molar-refractivity contribution is 7.99. The molecule has 1 aliphatic heterocycles. The number of carbonyl (C=O) groups excluding carboxylic acids is 3. The number of urea groups is 1. The Kier molecular flexibility index (Phi) is 5.70. The lowest BCUT2D eigenvalue weighted by molar-refractivity contribution is -0.138. The molecule has 0 saturated carbocycles. The summed E-state index contributed by atoms with van der Waals surface area (Å²) in [5, 5.41) is 3.86. The van der Waals surface area contributed by atoms with Crippen LogP contribution in [0, 0.1) is 0 Å². The number of hydrogen-bond acceptors (Lipinski definition) is 6. The molecule has 0 aliphatic carbocycles. The zero-order valence-electron chi connectivity index (χ0n) is 14.7. The molecule has 2 N–H and O–H groups in total. The number of rotatable bonds is 7. The van der Waals surface area contributed by atoms with Crippen LogP contribution in [0.1, 0.15) is 18.9 Å². The van der Waals surface area contributed by atoms with E-state index in [1.54, 1.807) is 25.4 Å². The molecule has 9 heteroatoms. The maximum atomic E-state index is 12.7. The summed E-state index contributed by atoms with van der Waals surface area (Å²) in [6.45, 7) is 1.66. The Morgan fingerprint density at radius 2 is 1.89 bits per heavy atom. The fourth-order valence-corrected chi connectivity index (χ4v) is 3.24. The topological polar surface area (TPSA) is 104 Å². The van der Waals surface area contributed by atoms with E-state index in [0.717, 1.165) is 22.3 Å². The van der Waals surface area contributed by atoms with Crippen LogP contribution in [0.4, 0.5) is 4.79 Å². The standard InChI is InChI=1S/C18H19N5O3S/c1-18(9-8-13-6-3-2-4-7-13)15(25)23(17(26)21-18)22-14(24)12-27-16-19-10-5-11-20-16/h2-7,10-11H,8-9,12H2,1H3,(H,21,26)(H,22,24)/t18-/m1/s1. The second kappa shape index (κ2) is 8.17. The number of thioether (sulfide) groups is 1. The smallest absolute Gasteiger partial charge is 0.322 e. The van der Waals surface area contributed by atoms with Gasteiger partial charge in [0, 0.05) is 12.4 Å². The van der Waals surface area contributed by atoms with E-state index in [2.05, 4.69) is 20.7 Å². The second-order valence-corrected chi connectivity index (χ2v) is 7.19. The molecule has 0 spiro atoms. The van der Waals surface area contributed by atoms with Crippen LogP contribution in [0.15, 0.2) is 53.9 Å². The number of carbonyl (C=O) groups is 3. The summed E-state index contributed by atoms with van der Waals surface area (Å²) in [6.07, 6.45) is 4.21. The van der Waals surface area contributed by atoms with Crippen molar-refractivity contribution < 1.29 is 14.4 Å². The summed E-state index contributed by atoms with van der Waals surface area (Å²) in [6, 6.07) is 10.7. The quantitative estimate of drug-likeness (QED) is 0.426. The van der Waals surface area contributed by atoms with Crippen molar-refractivity contribution in [2.75, 3.05) is 5.75 Å². The molecule has 0 unspecified atom stereocenters. The largest absolute Gasteiger partial charge is 0.344 e. The second-order valence-electron chi connectivity index (χ2n) is 6.24. The number of hydrogen-bond donors (Lipinski definition) is 2. The van der Waals surface area contributed by atoms with Crippen molar-refractivity contribution in [2.24, 2.45) is 0 Å². The predicted molar refractivity (Wildman–Crippen MR) is 99.4 cm³/mol. The average Bonchev–Trinajstić information content (AvgIpc) is 2.90. The Hall–Kier alpha value is -2.94. The summed E-state index contributed by atoms with van der Waals surface area (Å²) >= 11 is 1.12. The summed E-state index contributed by atoms with van der Waals surface area (Å²) in [5.41, 5.74) is 2.37. The molecule has 1 fully saturated rings. The Labute approximate surface area is 160 Å². The van der Waals surface area contributed by atoms with Gasteiger partial charge in [0.1, 0.15) is 5.54 Å². The van der Waals surface area contributed by atoms with Crippen molar-refractivity contribution in [3.05, 3.63) is 54.4 Å². The van der Waals surface area contributed by atoms with Gasteiger partial charge in [-0.2, -0.15) is 5.01 Å². The van der Waals surface area contributed by atoms with Crippen LogP contribution in [0.25, 0.3) is 0 Å². The molecule has 0 radical (unpaired) electrons. The molecular formula is C18H19N5O3S. The maximum Gasteiger partial charge on any atom is 0.344 e. The van der Waals surface area contributed by atoms with Crippen LogP contribution >= 0.6 is 11.8 Å². The Bertz CT molecular complexity index is 833. The lowest BCUT2D eigenvalue weighted by atomic mass is 9.93. The Morgan fingerprint density at radius 1 is 1.19 bits per heavy atom. The Morgan fingerprint density at radius 3 is 2.59 bits per heavy atom. The lowest BCUT2D eigenvalue weighted by Crippen LogP contribution is -2.49. The molecule has 2 heterocycles. The molecule has 3 rings (SSSR count). The molecule has 1 saturated heterocycles. The van der Waals surface area contributed by atoms with Gasteiger partial charge in [0.15, 0.2) is 5.16 Å². The molecular weight excluding hydrogens is 366 g/mol. The van der Waals surface area contributed by atoms with Gasteiger partial charge in [-0.1, -0.05) is 42.1 Å². The number of benzene rings is 1. The highest BCUT2D eigenvalue weighted by Gasteiger charge is 2.48. The molecule has 1 aromatic heterocycles. The zero-order chi connectivity index (χ0) is 19.3. The molecule has 2 aromatic rings. The maximum absolute atomic E-state index is 12.7. The highest BCUT2D eigenvalue weighted by Crippen LogP contribution is 2.22. The average molecular weight is 385 g/mol. The van der Waals surface area contributed by atoms with Crippen molar-refractivity contribution in [3.63, 3.8) is 0 Å². The monoisotopic (exact) mass is 385 g/mol. The first kappa shape index (κ1) is 18.8. The van der Waals surface area contributed by atoms with E-state index in [-0.39, 0.29) is 5.75 Å². The van der Waals surface area contributed by atoms with Gasteiger partial charge in [0.05, 0.1) is 5.75 Å². The number of nitrogens with one attached hydrogen (secondary N) is 2. The third kappa shape index (κ3) is 4.62. The first-order chi connectivity index (χ1) is 13.0. The van der Waals surface area contributed by atoms with Gasteiger partial charge in [-0.25, -0.2) is 14.8 Å². The highest BCUT2D eigenvalue weighted by atomic mass is 32.2. The number of hydrazine groups is 1. The van der Waals surface area contributed by atoms with Gasteiger partial charge >= 0.3 is 6.03 Å². The lowest BCUT2D eigenvalue weighted by Gasteiger charge is -2.21. The van der Waals surface area contributed by atoms with E-state index >= 15 is 0 Å². The van der Waals surface area contributed by atoms with Crippen LogP contribution in [-0.2, 0) is 16.0 Å². The molecule has 4 amide bonds. The summed E-state index contributed by atoms with van der Waals surface area (Å²) in [5.74, 6) is -0.970. The first-order valence-corrected chi connectivity index (χ1v) is 9.36. The van der Waals surface area contributed by atoms with E-state index in [4.69, 9.17) is 0 Å². The van der Waals surface area contributed by atoms with Crippen LogP contribution in [-0.4, -0.2) is 44.1 Å². The molecule has 1 atom stereocenters. The number of aromatic nitrogens is 2. The summed E-state index contributed by atoms with van der Waals surface area (Å²) < 4.78 is 0. The molecule has 1 aromatic carbocycles. The van der Waals surface area contributed by atoms with E-state index in [1.807, 2.05) is 30.3 Å². The van der Waals surface area contributed by atoms with Crippen LogP contribution < -0.4 is 10.7 Å². The Balaban J connectivity index is 1.55. The molecule has 27 heavy (non-hydrogen) atoms. The first-order valence-electron chi connectivity index (χ1n) is 8.38. The van der Waals surface area contributed by atoms with Gasteiger partial charge in [0.25, 0.3) is 5.91 Å². The minimum Gasteiger partial charge on any atom is -0.322 e. The summed E-state index contributed by atoms with van der Waals surface area (Å²) in [4.78, 5) is 44.9. The normalized spacial score (nSPS) is 19.1. The van der Waals surface area contributed by atoms with Crippen molar-refractivity contribution >= 4 is 29.6 Å². The van der Waals surface area contributed by atoms with Gasteiger partial charge in [-0.3, -0.25) is 15.0 Å². The number of imide groups is 1. The van der Waals surface area contributed by atoms with Crippen molar-refractivity contribution in [2.45, 2.75) is 30.5 Å². The third-order valence-corrected chi connectivity index (χ3v) is 5.00. The van der Waals surface area contributed by atoms with Crippen molar-refractivity contribution in [3.8, 4) is 0 Å². The van der Waals surface area contributed by atoms with Crippen molar-refractivity contribution in [1.29, 1.82) is 0 Å². The van der Waals surface area contributed by atoms with Gasteiger partial charge in [-0.05, 0) is 31.4 Å². The van der Waals surface area contributed by atoms with E-state index < -0.39 is 23.4 Å². The van der Waals surface area contributed by atoms with E-state index in [0.29, 0.717) is 18.0 Å². The minimum atomic E-state index is -1.06. The van der Waals surface area contributed by atoms with Gasteiger partial charge in [0.2, 0.25) is 5.91 Å². The number of amides is 4. The number of aryl methyl sites for hydroxylation is 1.